The molecule has 4 aliphatic carbocycles. The molecule has 0 radical (unpaired) electrons. The Balaban J connectivity index is 1.46. The van der Waals surface area contributed by atoms with Crippen molar-refractivity contribution in [3.05, 3.63) is 0 Å². The molecular formula is C26H47N5O3. The van der Waals surface area contributed by atoms with Crippen molar-refractivity contribution in [1.82, 2.24) is 5.32 Å². The smallest absolute Gasteiger partial charge is 0.185 e. The van der Waals surface area contributed by atoms with Crippen LogP contribution in [0.3, 0.4) is 0 Å². The Morgan fingerprint density at radius 1 is 1.12 bits per heavy atom. The summed E-state index contributed by atoms with van der Waals surface area (Å²) in [7, 11) is 0. The van der Waals surface area contributed by atoms with E-state index < -0.39 is 11.2 Å². The number of aliphatic hydroxyl groups is 1. The molecule has 8 nitrogen and oxygen atoms in total. The second kappa shape index (κ2) is 9.94. The zero-order chi connectivity index (χ0) is 24.5. The van der Waals surface area contributed by atoms with Gasteiger partial charge in [0.05, 0.1) is 18.4 Å². The first-order chi connectivity index (χ1) is 16.2. The highest BCUT2D eigenvalue weighted by atomic mass is 16.6. The van der Waals surface area contributed by atoms with Gasteiger partial charge in [-0.05, 0) is 106 Å². The molecule has 7 N–H and O–H groups in total. The third kappa shape index (κ3) is 4.58. The average Bonchev–Trinajstić information content (AvgIpc) is 3.12. The summed E-state index contributed by atoms with van der Waals surface area (Å²) in [5.41, 5.74) is 10.5. The fourth-order valence-corrected chi connectivity index (χ4v) is 8.28. The fourth-order valence-electron chi connectivity index (χ4n) is 8.28. The van der Waals surface area contributed by atoms with Crippen molar-refractivity contribution >= 4 is 12.2 Å². The zero-order valence-corrected chi connectivity index (χ0v) is 21.3. The number of rotatable bonds is 9. The molecule has 4 saturated carbocycles. The maximum atomic E-state index is 11.9. The SMILES string of the molecule is C[C@]12CC[C@](/C=N/OCCNC(=N)N)(OCCCN)C[C@H]1CC[C@@H]1[C@@H]2CC[C@]2(C)CCC[C@]12O. The van der Waals surface area contributed by atoms with Gasteiger partial charge in [-0.3, -0.25) is 5.41 Å². The van der Waals surface area contributed by atoms with Gasteiger partial charge in [-0.2, -0.15) is 0 Å². The molecule has 4 rings (SSSR count). The van der Waals surface area contributed by atoms with Crippen LogP contribution in [0.2, 0.25) is 0 Å². The number of nitrogens with zero attached hydrogens (tertiary/aromatic N) is 1. The van der Waals surface area contributed by atoms with E-state index in [4.69, 9.17) is 26.5 Å². The van der Waals surface area contributed by atoms with E-state index in [1.54, 1.807) is 0 Å². The minimum Gasteiger partial charge on any atom is -0.394 e. The van der Waals surface area contributed by atoms with E-state index in [1.807, 2.05) is 6.21 Å². The van der Waals surface area contributed by atoms with Crippen LogP contribution in [0.4, 0.5) is 0 Å². The normalized spacial score (nSPS) is 43.7. The summed E-state index contributed by atoms with van der Waals surface area (Å²) in [5, 5.41) is 26.2. The van der Waals surface area contributed by atoms with Crippen LogP contribution in [0.25, 0.3) is 0 Å². The number of fused-ring (bicyclic) bond motifs is 5. The highest BCUT2D eigenvalue weighted by Crippen LogP contribution is 2.68. The topological polar surface area (TPSA) is 139 Å². The Morgan fingerprint density at radius 2 is 1.94 bits per heavy atom. The summed E-state index contributed by atoms with van der Waals surface area (Å²) in [4.78, 5) is 5.45. The summed E-state index contributed by atoms with van der Waals surface area (Å²) in [5.74, 6) is 1.52. The number of nitrogens with two attached hydrogens (primary N) is 2. The van der Waals surface area contributed by atoms with Gasteiger partial charge in [0.15, 0.2) is 5.96 Å². The van der Waals surface area contributed by atoms with Crippen LogP contribution in [0.15, 0.2) is 5.16 Å². The van der Waals surface area contributed by atoms with E-state index in [9.17, 15) is 5.11 Å². The number of nitrogens with one attached hydrogen (secondary N) is 2. The van der Waals surface area contributed by atoms with Crippen LogP contribution in [0, 0.1) is 34.0 Å². The molecule has 4 aliphatic rings. The lowest BCUT2D eigenvalue weighted by atomic mass is 9.43. The molecule has 0 unspecified atom stereocenters. The summed E-state index contributed by atoms with van der Waals surface area (Å²) in [6.07, 6.45) is 13.7. The lowest BCUT2D eigenvalue weighted by Crippen LogP contribution is -2.62. The van der Waals surface area contributed by atoms with E-state index in [2.05, 4.69) is 24.3 Å². The van der Waals surface area contributed by atoms with Crippen LogP contribution in [0.1, 0.15) is 84.5 Å². The zero-order valence-electron chi connectivity index (χ0n) is 21.3. The highest BCUT2D eigenvalue weighted by molar-refractivity contribution is 5.74. The van der Waals surface area contributed by atoms with Crippen molar-refractivity contribution in [3.63, 3.8) is 0 Å². The Bertz CT molecular complexity index is 765. The van der Waals surface area contributed by atoms with E-state index >= 15 is 0 Å². The van der Waals surface area contributed by atoms with Gasteiger partial charge in [-0.15, -0.1) is 0 Å². The van der Waals surface area contributed by atoms with Crippen LogP contribution in [-0.4, -0.2) is 54.8 Å². The summed E-state index contributed by atoms with van der Waals surface area (Å²) < 4.78 is 6.46. The molecule has 0 saturated heterocycles. The first kappa shape index (κ1) is 25.7. The monoisotopic (exact) mass is 477 g/mol. The van der Waals surface area contributed by atoms with Crippen LogP contribution in [0.5, 0.6) is 0 Å². The lowest BCUT2D eigenvalue weighted by Gasteiger charge is -2.64. The summed E-state index contributed by atoms with van der Waals surface area (Å²) >= 11 is 0. The van der Waals surface area contributed by atoms with E-state index in [0.29, 0.717) is 44.1 Å². The maximum absolute atomic E-state index is 11.9. The second-order valence-corrected chi connectivity index (χ2v) is 12.0. The molecule has 0 heterocycles. The van der Waals surface area contributed by atoms with Crippen LogP contribution >= 0.6 is 0 Å². The number of oxime groups is 1. The van der Waals surface area contributed by atoms with Crippen LogP contribution in [-0.2, 0) is 9.57 Å². The molecule has 0 aromatic carbocycles. The predicted molar refractivity (Wildman–Crippen MR) is 135 cm³/mol. The minimum atomic E-state index is -0.473. The Hall–Kier alpha value is -1.38. The van der Waals surface area contributed by atoms with Gasteiger partial charge in [0.25, 0.3) is 0 Å². The van der Waals surface area contributed by atoms with Crippen LogP contribution < -0.4 is 16.8 Å². The van der Waals surface area contributed by atoms with Crippen molar-refractivity contribution in [1.29, 1.82) is 5.41 Å². The molecule has 8 heteroatoms. The highest BCUT2D eigenvalue weighted by Gasteiger charge is 2.65. The van der Waals surface area contributed by atoms with E-state index in [1.165, 1.54) is 19.3 Å². The molecule has 0 aromatic rings. The van der Waals surface area contributed by atoms with Gasteiger partial charge < -0.3 is 31.5 Å². The first-order valence-electron chi connectivity index (χ1n) is 13.5. The van der Waals surface area contributed by atoms with Gasteiger partial charge in [0.1, 0.15) is 12.2 Å². The van der Waals surface area contributed by atoms with E-state index in [-0.39, 0.29) is 16.8 Å². The number of guanidine groups is 1. The molecule has 4 fully saturated rings. The molecular weight excluding hydrogens is 430 g/mol. The summed E-state index contributed by atoms with van der Waals surface area (Å²) in [6.45, 7) is 6.88. The molecule has 0 bridgehead atoms. The molecule has 0 amide bonds. The van der Waals surface area contributed by atoms with Crippen molar-refractivity contribution in [2.24, 2.45) is 45.2 Å². The lowest BCUT2D eigenvalue weighted by molar-refractivity contribution is -0.208. The molecule has 7 atom stereocenters. The van der Waals surface area contributed by atoms with Crippen molar-refractivity contribution in [2.75, 3.05) is 26.3 Å². The Kier molecular flexibility index (Phi) is 7.51. The number of ether oxygens (including phenoxy) is 1. The number of hydrogen-bond donors (Lipinski definition) is 5. The molecule has 34 heavy (non-hydrogen) atoms. The maximum Gasteiger partial charge on any atom is 0.185 e. The van der Waals surface area contributed by atoms with Gasteiger partial charge in [0.2, 0.25) is 0 Å². The fraction of sp³-hybridized carbons (Fsp3) is 0.923. The minimum absolute atomic E-state index is 0.0679. The van der Waals surface area contributed by atoms with Crippen molar-refractivity contribution < 1.29 is 14.7 Å². The largest absolute Gasteiger partial charge is 0.394 e. The third-order valence-electron chi connectivity index (χ3n) is 10.3. The molecule has 194 valence electrons. The average molecular weight is 478 g/mol. The second-order valence-electron chi connectivity index (χ2n) is 12.0. The third-order valence-corrected chi connectivity index (χ3v) is 10.3. The molecule has 0 spiro atoms. The van der Waals surface area contributed by atoms with Gasteiger partial charge in [-0.1, -0.05) is 19.0 Å². The Labute approximate surface area is 205 Å². The van der Waals surface area contributed by atoms with Gasteiger partial charge >= 0.3 is 0 Å². The predicted octanol–water partition coefficient (Wildman–Crippen LogP) is 3.12. The van der Waals surface area contributed by atoms with Crippen molar-refractivity contribution in [3.8, 4) is 0 Å². The Morgan fingerprint density at radius 3 is 2.71 bits per heavy atom. The van der Waals surface area contributed by atoms with E-state index in [0.717, 1.165) is 51.4 Å². The quantitative estimate of drug-likeness (QED) is 0.150. The summed E-state index contributed by atoms with van der Waals surface area (Å²) in [6, 6.07) is 0. The van der Waals surface area contributed by atoms with Gasteiger partial charge in [0, 0.05) is 6.61 Å². The number of hydrogen-bond acceptors (Lipinski definition) is 6. The molecule has 0 aromatic heterocycles. The van der Waals surface area contributed by atoms with Gasteiger partial charge in [-0.25, -0.2) is 0 Å². The standard InChI is InChI=1S/C26H47N5O3/c1-23-8-3-9-26(23,32)21-6-5-19-17-25(33-15-4-13-27,18-31-34-16-14-30-22(28)29)12-11-24(19,2)20(21)7-10-23/h18-21,32H,3-17,27H2,1-2H3,(H4,28,29,30)/b31-18+/t19-,20+,21-,23+,24+,25+,26+/m1/s1. The van der Waals surface area contributed by atoms with Crippen molar-refractivity contribution in [2.45, 2.75) is 95.7 Å². The molecule has 0 aliphatic heterocycles. The first-order valence-corrected chi connectivity index (χ1v) is 13.5.